The molecule has 468 valence electrons. The number of Topliss-reactive ketones (excluding diaryl/α,β-unsaturated/α-hetero) is 2. The molecule has 0 aliphatic heterocycles. The second-order valence-electron chi connectivity index (χ2n) is 21.2. The van der Waals surface area contributed by atoms with Gasteiger partial charge in [0, 0.05) is 12.8 Å². The number of carboxylic acids is 1. The fraction of sp³-hybridized carbons (Fsp3) is 0.312. The molecule has 0 saturated carbocycles. The summed E-state index contributed by atoms with van der Waals surface area (Å²) in [4.78, 5) is 97.9. The number of esters is 2. The van der Waals surface area contributed by atoms with Crippen LogP contribution < -0.4 is 21.7 Å². The van der Waals surface area contributed by atoms with Gasteiger partial charge in [-0.1, -0.05) is 168 Å². The first-order valence-corrected chi connectivity index (χ1v) is 28.4. The highest BCUT2D eigenvalue weighted by atomic mass is 35.5. The summed E-state index contributed by atoms with van der Waals surface area (Å²) in [5.74, 6) is -3.71. The second-order valence-corrected chi connectivity index (χ2v) is 22.9. The molecular formula is C64H74Cl4N4O13S2. The Labute approximate surface area is 541 Å². The Hall–Kier alpha value is -7.10. The summed E-state index contributed by atoms with van der Waals surface area (Å²) in [6, 6.07) is 39.9. The number of nitrogens with two attached hydrogens (primary N) is 1. The molecule has 0 radical (unpaired) electrons. The number of carbonyl (C=O) groups excluding carboxylic acids is 7. The van der Waals surface area contributed by atoms with Crippen molar-refractivity contribution in [1.29, 1.82) is 0 Å². The second kappa shape index (κ2) is 36.9. The molecule has 87 heavy (non-hydrogen) atoms. The van der Waals surface area contributed by atoms with E-state index in [9.17, 15) is 38.4 Å². The van der Waals surface area contributed by atoms with Gasteiger partial charge in [0.25, 0.3) is 5.91 Å². The molecule has 0 aliphatic rings. The molecule has 4 atom stereocenters. The first-order chi connectivity index (χ1) is 40.0. The van der Waals surface area contributed by atoms with Crippen LogP contribution in [0.4, 0.5) is 9.59 Å². The van der Waals surface area contributed by atoms with Gasteiger partial charge in [0.05, 0.1) is 43.3 Å². The maximum absolute atomic E-state index is 13.3. The minimum absolute atomic E-state index is 0. The normalized spacial score (nSPS) is 12.1. The van der Waals surface area contributed by atoms with E-state index in [-0.39, 0.29) is 109 Å². The number of carboxylic acid groups (broad SMARTS) is 1. The van der Waals surface area contributed by atoms with Crippen molar-refractivity contribution in [2.75, 3.05) is 0 Å². The first kappa shape index (κ1) is 76.0. The number of ether oxygens (including phenoxy) is 4. The van der Waals surface area contributed by atoms with Crippen LogP contribution in [0.1, 0.15) is 113 Å². The van der Waals surface area contributed by atoms with Gasteiger partial charge in [0.1, 0.15) is 36.5 Å². The van der Waals surface area contributed by atoms with E-state index in [0.717, 1.165) is 33.4 Å². The molecule has 0 aliphatic carbocycles. The van der Waals surface area contributed by atoms with Crippen molar-refractivity contribution in [2.24, 2.45) is 5.73 Å². The van der Waals surface area contributed by atoms with Crippen LogP contribution in [0.3, 0.4) is 0 Å². The van der Waals surface area contributed by atoms with Crippen LogP contribution in [-0.4, -0.2) is 88.0 Å². The van der Waals surface area contributed by atoms with Crippen molar-refractivity contribution in [1.82, 2.24) is 16.0 Å². The lowest BCUT2D eigenvalue weighted by atomic mass is 10.0. The number of rotatable bonds is 21. The van der Waals surface area contributed by atoms with Crippen LogP contribution in [0.5, 0.6) is 0 Å². The molecule has 0 unspecified atom stereocenters. The Morgan fingerprint density at radius 2 is 0.816 bits per heavy atom. The van der Waals surface area contributed by atoms with Crippen molar-refractivity contribution < 1.29 is 62.4 Å². The molecule has 3 amide bonds. The summed E-state index contributed by atoms with van der Waals surface area (Å²) in [6.45, 7) is 13.5. The summed E-state index contributed by atoms with van der Waals surface area (Å²) in [5, 5.41) is 17.0. The van der Waals surface area contributed by atoms with E-state index in [4.69, 9.17) is 76.2 Å². The van der Waals surface area contributed by atoms with Gasteiger partial charge >= 0.3 is 30.1 Å². The third-order valence-electron chi connectivity index (χ3n) is 11.9. The van der Waals surface area contributed by atoms with Gasteiger partial charge in [-0.25, -0.2) is 19.2 Å². The Kier molecular flexibility index (Phi) is 32.2. The van der Waals surface area contributed by atoms with Crippen LogP contribution in [0.25, 0.3) is 22.3 Å². The van der Waals surface area contributed by atoms with E-state index in [1.54, 1.807) is 84.9 Å². The fourth-order valence-corrected chi connectivity index (χ4v) is 8.88. The predicted molar refractivity (Wildman–Crippen MR) is 349 cm³/mol. The standard InChI is InChI=1S/C32H34Cl2N2O6.C19H28N2O5.C13H8Cl2O2.2H2S/c1-20(35-31(40)42-32(2,3)4)27(37)16-15-26(30(39)41-19-21-11-7-5-8-12-21)36-29(38)28-24(33)17-23(18-25(28)34)22-13-9-6-10-14-22;1-13(21-18(24)26-19(2,3)4)16(22)11-10-15(20)17(23)25-12-14-8-6-5-7-9-14;14-10-6-9(8-4-2-1-3-5-8)7-11(15)12(10)13(16)17;;/h5-14,17-18,20,26H,15-16,19H2,1-4H3,(H,35,40)(H,36,38);5-9,13,15H,10-12,20H2,1-4H3,(H,21,24);1-7H,(H,16,17);2*1H2/t20-,26-;13-,15-;;;/m00.../s1. The van der Waals surface area contributed by atoms with Crippen molar-refractivity contribution in [3.63, 3.8) is 0 Å². The molecule has 0 aromatic heterocycles. The molecule has 0 saturated heterocycles. The Morgan fingerprint density at radius 1 is 0.483 bits per heavy atom. The summed E-state index contributed by atoms with van der Waals surface area (Å²) in [5.41, 5.74) is 9.27. The monoisotopic (exact) mass is 1310 g/mol. The maximum atomic E-state index is 13.3. The number of hydrogen-bond acceptors (Lipinski definition) is 13. The van der Waals surface area contributed by atoms with E-state index >= 15 is 0 Å². The third kappa shape index (κ3) is 27.2. The predicted octanol–water partition coefficient (Wildman–Crippen LogP) is 13.7. The number of carbonyl (C=O) groups is 8. The summed E-state index contributed by atoms with van der Waals surface area (Å²) >= 11 is 24.8. The molecule has 6 N–H and O–H groups in total. The highest BCUT2D eigenvalue weighted by Crippen LogP contribution is 2.33. The van der Waals surface area contributed by atoms with E-state index in [0.29, 0.717) is 0 Å². The average molecular weight is 1310 g/mol. The number of benzene rings is 6. The van der Waals surface area contributed by atoms with Crippen LogP contribution >= 0.6 is 73.4 Å². The molecule has 0 bridgehead atoms. The molecular weight excluding hydrogens is 1240 g/mol. The van der Waals surface area contributed by atoms with E-state index in [2.05, 4.69) is 16.0 Å². The van der Waals surface area contributed by atoms with Crippen molar-refractivity contribution >= 4 is 121 Å². The maximum Gasteiger partial charge on any atom is 0.408 e. The minimum Gasteiger partial charge on any atom is -0.478 e. The Balaban J connectivity index is 0.000000487. The molecule has 0 fully saturated rings. The van der Waals surface area contributed by atoms with E-state index in [1.165, 1.54) is 6.92 Å². The molecule has 6 aromatic carbocycles. The molecule has 6 aromatic rings. The molecule has 0 spiro atoms. The lowest BCUT2D eigenvalue weighted by Crippen LogP contribution is -2.44. The largest absolute Gasteiger partial charge is 0.478 e. The summed E-state index contributed by atoms with van der Waals surface area (Å²) in [6.07, 6.45) is -1.43. The van der Waals surface area contributed by atoms with Gasteiger partial charge < -0.3 is 45.7 Å². The van der Waals surface area contributed by atoms with Crippen molar-refractivity contribution in [3.8, 4) is 22.3 Å². The van der Waals surface area contributed by atoms with Gasteiger partial charge in [-0.15, -0.1) is 0 Å². The summed E-state index contributed by atoms with van der Waals surface area (Å²) < 4.78 is 20.9. The Morgan fingerprint density at radius 3 is 1.17 bits per heavy atom. The lowest BCUT2D eigenvalue weighted by molar-refractivity contribution is -0.148. The molecule has 6 rings (SSSR count). The quantitative estimate of drug-likeness (QED) is 0.0332. The van der Waals surface area contributed by atoms with Gasteiger partial charge in [-0.05, 0) is 126 Å². The number of alkyl carbamates (subject to hydrolysis) is 2. The highest BCUT2D eigenvalue weighted by molar-refractivity contribution is 7.59. The molecule has 17 nitrogen and oxygen atoms in total. The number of hydrogen-bond donors (Lipinski definition) is 5. The van der Waals surface area contributed by atoms with Gasteiger partial charge in [0.15, 0.2) is 11.6 Å². The zero-order valence-corrected chi connectivity index (χ0v) is 54.4. The minimum atomic E-state index is -1.19. The van der Waals surface area contributed by atoms with Crippen molar-refractivity contribution in [3.05, 3.63) is 188 Å². The van der Waals surface area contributed by atoms with Crippen LogP contribution in [0, 0.1) is 0 Å². The lowest BCUT2D eigenvalue weighted by Gasteiger charge is -2.22. The van der Waals surface area contributed by atoms with Crippen molar-refractivity contribution in [2.45, 2.75) is 130 Å². The third-order valence-corrected chi connectivity index (χ3v) is 13.1. The number of aromatic carboxylic acids is 1. The van der Waals surface area contributed by atoms with Crippen LogP contribution in [0.2, 0.25) is 20.1 Å². The van der Waals surface area contributed by atoms with Crippen LogP contribution in [0.15, 0.2) is 146 Å². The SMILES string of the molecule is C[C@H](NC(=O)OC(C)(C)C)C(=O)CC[C@H](N)C(=O)OCc1ccccc1.C[C@H](NC(=O)OC(C)(C)C)C(=O)CC[C@H](NC(=O)c1c(Cl)cc(-c2ccccc2)cc1Cl)C(=O)OCc1ccccc1.O=C(O)c1c(Cl)cc(-c2ccccc2)cc1Cl.S.S. The smallest absolute Gasteiger partial charge is 0.408 e. The zero-order valence-electron chi connectivity index (χ0n) is 49.3. The fourth-order valence-electron chi connectivity index (χ4n) is 7.57. The Bertz CT molecular complexity index is 3200. The summed E-state index contributed by atoms with van der Waals surface area (Å²) in [7, 11) is 0. The van der Waals surface area contributed by atoms with Crippen LogP contribution in [-0.2, 0) is 51.3 Å². The van der Waals surface area contributed by atoms with Gasteiger partial charge in [-0.3, -0.25) is 19.2 Å². The van der Waals surface area contributed by atoms with E-state index < -0.39 is 71.4 Å². The topological polar surface area (TPSA) is 256 Å². The molecule has 23 heteroatoms. The highest BCUT2D eigenvalue weighted by Gasteiger charge is 2.29. The average Bonchev–Trinajstić information content (AvgIpc) is 2.61. The number of amides is 3. The first-order valence-electron chi connectivity index (χ1n) is 26.9. The van der Waals surface area contributed by atoms with E-state index in [1.807, 2.05) is 109 Å². The van der Waals surface area contributed by atoms with Gasteiger partial charge in [-0.2, -0.15) is 27.0 Å². The number of nitrogens with one attached hydrogen (secondary N) is 3. The van der Waals surface area contributed by atoms with Gasteiger partial charge in [0.2, 0.25) is 0 Å². The molecule has 0 heterocycles. The zero-order chi connectivity index (χ0) is 63.0. The number of ketones is 2. The number of halogens is 4.